The minimum absolute atomic E-state index is 0.00809. The summed E-state index contributed by atoms with van der Waals surface area (Å²) in [4.78, 5) is 46.3. The zero-order valence-corrected chi connectivity index (χ0v) is 23.4. The SMILES string of the molecule is CCOC(=O)CCNC(=O)[C@H](Cc1ccc(-c2ccccc2)cc1)NCP(=O)(O)Oc1ccc(NC(C)=O)cc1. The van der Waals surface area contributed by atoms with Gasteiger partial charge in [-0.1, -0.05) is 54.6 Å². The van der Waals surface area contributed by atoms with E-state index in [0.717, 1.165) is 16.7 Å². The van der Waals surface area contributed by atoms with Crippen molar-refractivity contribution < 1.29 is 33.1 Å². The summed E-state index contributed by atoms with van der Waals surface area (Å²) < 4.78 is 23.0. The second-order valence-corrected chi connectivity index (χ2v) is 10.7. The number of amides is 2. The van der Waals surface area contributed by atoms with Gasteiger partial charge in [0.25, 0.3) is 0 Å². The van der Waals surface area contributed by atoms with Gasteiger partial charge in [0.2, 0.25) is 11.8 Å². The van der Waals surface area contributed by atoms with Crippen LogP contribution in [0.5, 0.6) is 5.75 Å². The molecule has 2 amide bonds. The van der Waals surface area contributed by atoms with Gasteiger partial charge in [0.05, 0.1) is 19.1 Å². The van der Waals surface area contributed by atoms with E-state index in [2.05, 4.69) is 16.0 Å². The van der Waals surface area contributed by atoms with Crippen LogP contribution in [0.4, 0.5) is 5.69 Å². The first-order valence-electron chi connectivity index (χ1n) is 12.9. The Balaban J connectivity index is 1.66. The molecule has 0 saturated heterocycles. The molecular formula is C29H34N3O7P. The lowest BCUT2D eigenvalue weighted by Crippen LogP contribution is -2.46. The maximum absolute atomic E-state index is 13.0. The fourth-order valence-electron chi connectivity index (χ4n) is 3.83. The van der Waals surface area contributed by atoms with Crippen LogP contribution in [0.2, 0.25) is 0 Å². The molecule has 3 rings (SSSR count). The molecule has 40 heavy (non-hydrogen) atoms. The molecular weight excluding hydrogens is 533 g/mol. The van der Waals surface area contributed by atoms with E-state index in [-0.39, 0.29) is 37.6 Å². The van der Waals surface area contributed by atoms with Gasteiger partial charge < -0.3 is 24.8 Å². The van der Waals surface area contributed by atoms with Crippen LogP contribution in [0.15, 0.2) is 78.9 Å². The van der Waals surface area contributed by atoms with Crippen molar-refractivity contribution in [1.29, 1.82) is 0 Å². The highest BCUT2D eigenvalue weighted by Crippen LogP contribution is 2.41. The Morgan fingerprint density at radius 3 is 2.20 bits per heavy atom. The Morgan fingerprint density at radius 1 is 0.925 bits per heavy atom. The molecule has 3 aromatic rings. The summed E-state index contributed by atoms with van der Waals surface area (Å²) in [6.07, 6.45) is -0.265. The third kappa shape index (κ3) is 10.3. The van der Waals surface area contributed by atoms with E-state index in [0.29, 0.717) is 5.69 Å². The highest BCUT2D eigenvalue weighted by molar-refractivity contribution is 7.53. The average Bonchev–Trinajstić information content (AvgIpc) is 2.92. The summed E-state index contributed by atoms with van der Waals surface area (Å²) in [6, 6.07) is 22.7. The summed E-state index contributed by atoms with van der Waals surface area (Å²) in [5.74, 6) is -0.974. The number of rotatable bonds is 14. The third-order valence-corrected chi connectivity index (χ3v) is 6.79. The van der Waals surface area contributed by atoms with E-state index in [1.165, 1.54) is 19.1 Å². The standard InChI is InChI=1S/C29H34N3O7P/c1-3-38-28(34)17-18-30-29(35)27(19-22-9-11-24(12-10-22)23-7-5-4-6-8-23)31-20-40(36,37)39-26-15-13-25(14-16-26)32-21(2)33/h4-16,27,31H,3,17-20H2,1-2H3,(H,30,35)(H,32,33)(H,36,37)/t27-/m0/s1. The van der Waals surface area contributed by atoms with Crippen LogP contribution in [0.3, 0.4) is 0 Å². The molecule has 2 atom stereocenters. The number of ether oxygens (including phenoxy) is 1. The summed E-state index contributed by atoms with van der Waals surface area (Å²) in [6.45, 7) is 3.39. The minimum atomic E-state index is -4.21. The predicted octanol–water partition coefficient (Wildman–Crippen LogP) is 4.10. The molecule has 0 aliphatic heterocycles. The van der Waals surface area contributed by atoms with E-state index < -0.39 is 31.8 Å². The van der Waals surface area contributed by atoms with Gasteiger partial charge in [0.15, 0.2) is 0 Å². The zero-order chi connectivity index (χ0) is 29.0. The lowest BCUT2D eigenvalue weighted by molar-refractivity contribution is -0.143. The van der Waals surface area contributed by atoms with Crippen LogP contribution in [-0.2, 0) is 30.1 Å². The largest absolute Gasteiger partial charge is 0.466 e. The molecule has 0 aromatic heterocycles. The number of anilines is 1. The van der Waals surface area contributed by atoms with Gasteiger partial charge in [-0.2, -0.15) is 0 Å². The highest BCUT2D eigenvalue weighted by Gasteiger charge is 2.26. The summed E-state index contributed by atoms with van der Waals surface area (Å²) in [5, 5.41) is 8.14. The van der Waals surface area contributed by atoms with Crippen LogP contribution in [0, 0.1) is 0 Å². The number of esters is 1. The van der Waals surface area contributed by atoms with Crippen LogP contribution in [0.25, 0.3) is 11.1 Å². The van der Waals surface area contributed by atoms with Crippen LogP contribution < -0.4 is 20.5 Å². The molecule has 1 unspecified atom stereocenters. The van der Waals surface area contributed by atoms with Crippen molar-refractivity contribution in [3.63, 3.8) is 0 Å². The fourth-order valence-corrected chi connectivity index (χ4v) is 4.79. The first kappa shape index (κ1) is 30.6. The van der Waals surface area contributed by atoms with E-state index >= 15 is 0 Å². The second-order valence-electron chi connectivity index (χ2n) is 8.96. The average molecular weight is 568 g/mol. The molecule has 0 heterocycles. The quantitative estimate of drug-likeness (QED) is 0.168. The van der Waals surface area contributed by atoms with Crippen molar-refractivity contribution in [2.45, 2.75) is 32.7 Å². The normalized spacial score (nSPS) is 13.0. The number of carbonyl (C=O) groups is 3. The molecule has 0 radical (unpaired) electrons. The molecule has 0 bridgehead atoms. The summed E-state index contributed by atoms with van der Waals surface area (Å²) in [5.41, 5.74) is 3.43. The van der Waals surface area contributed by atoms with Gasteiger partial charge >= 0.3 is 13.6 Å². The second kappa shape index (κ2) is 15.0. The lowest BCUT2D eigenvalue weighted by Gasteiger charge is -2.21. The zero-order valence-electron chi connectivity index (χ0n) is 22.5. The van der Waals surface area contributed by atoms with E-state index in [1.54, 1.807) is 19.1 Å². The molecule has 3 aromatic carbocycles. The smallest absolute Gasteiger partial charge is 0.390 e. The Kier molecular flexibility index (Phi) is 11.4. The van der Waals surface area contributed by atoms with Gasteiger partial charge in [0, 0.05) is 19.2 Å². The highest BCUT2D eigenvalue weighted by atomic mass is 31.2. The molecule has 0 aliphatic rings. The molecule has 11 heteroatoms. The first-order valence-corrected chi connectivity index (χ1v) is 14.6. The Labute approximate surface area is 233 Å². The molecule has 212 valence electrons. The lowest BCUT2D eigenvalue weighted by atomic mass is 10.0. The van der Waals surface area contributed by atoms with Crippen molar-refractivity contribution in [2.75, 3.05) is 24.8 Å². The van der Waals surface area contributed by atoms with Crippen LogP contribution in [0.1, 0.15) is 25.8 Å². The topological polar surface area (TPSA) is 143 Å². The summed E-state index contributed by atoms with van der Waals surface area (Å²) in [7, 11) is -4.21. The fraction of sp³-hybridized carbons (Fsp3) is 0.276. The van der Waals surface area contributed by atoms with E-state index in [9.17, 15) is 23.8 Å². The van der Waals surface area contributed by atoms with Crippen molar-refractivity contribution >= 4 is 31.1 Å². The van der Waals surface area contributed by atoms with Crippen molar-refractivity contribution in [3.8, 4) is 16.9 Å². The number of carbonyl (C=O) groups excluding carboxylic acids is 3. The van der Waals surface area contributed by atoms with Crippen LogP contribution in [-0.4, -0.2) is 48.2 Å². The molecule has 0 saturated carbocycles. The van der Waals surface area contributed by atoms with Gasteiger partial charge in [-0.3, -0.25) is 19.7 Å². The van der Waals surface area contributed by atoms with Crippen LogP contribution >= 0.6 is 7.60 Å². The number of benzene rings is 3. The first-order chi connectivity index (χ1) is 19.1. The van der Waals surface area contributed by atoms with Crippen molar-refractivity contribution in [1.82, 2.24) is 10.6 Å². The molecule has 0 aliphatic carbocycles. The Bertz CT molecular complexity index is 1320. The molecule has 0 fully saturated rings. The third-order valence-electron chi connectivity index (χ3n) is 5.71. The maximum atomic E-state index is 13.0. The van der Waals surface area contributed by atoms with Gasteiger partial charge in [-0.25, -0.2) is 4.57 Å². The maximum Gasteiger partial charge on any atom is 0.390 e. The Hall–Kier alpha value is -3.98. The Morgan fingerprint density at radius 2 is 1.57 bits per heavy atom. The monoisotopic (exact) mass is 567 g/mol. The van der Waals surface area contributed by atoms with E-state index in [1.807, 2.05) is 54.6 Å². The molecule has 4 N–H and O–H groups in total. The van der Waals surface area contributed by atoms with Crippen molar-refractivity contribution in [3.05, 3.63) is 84.4 Å². The number of hydrogen-bond acceptors (Lipinski definition) is 7. The summed E-state index contributed by atoms with van der Waals surface area (Å²) >= 11 is 0. The van der Waals surface area contributed by atoms with E-state index in [4.69, 9.17) is 9.26 Å². The van der Waals surface area contributed by atoms with Gasteiger partial charge in [-0.05, 0) is 54.3 Å². The van der Waals surface area contributed by atoms with Gasteiger partial charge in [0.1, 0.15) is 12.0 Å². The predicted molar refractivity (Wildman–Crippen MR) is 153 cm³/mol. The minimum Gasteiger partial charge on any atom is -0.466 e. The number of nitrogens with one attached hydrogen (secondary N) is 3. The van der Waals surface area contributed by atoms with Gasteiger partial charge in [-0.15, -0.1) is 0 Å². The molecule has 10 nitrogen and oxygen atoms in total. The number of hydrogen-bond donors (Lipinski definition) is 4. The molecule has 0 spiro atoms. The van der Waals surface area contributed by atoms with Crippen molar-refractivity contribution in [2.24, 2.45) is 0 Å².